The van der Waals surface area contributed by atoms with Gasteiger partial charge < -0.3 is 19.4 Å². The molecule has 1 atom stereocenters. The van der Waals surface area contributed by atoms with Crippen LogP contribution in [0.4, 0.5) is 4.79 Å². The molecule has 32 heavy (non-hydrogen) atoms. The summed E-state index contributed by atoms with van der Waals surface area (Å²) < 4.78 is 17.7. The molecule has 1 N–H and O–H groups in total. The lowest BCUT2D eigenvalue weighted by molar-refractivity contribution is 0.00578. The molecule has 0 aliphatic carbocycles. The molecule has 2 fully saturated rings. The van der Waals surface area contributed by atoms with Crippen LogP contribution in [0.5, 0.6) is 0 Å². The smallest absolute Gasteiger partial charge is 0.445 e. The van der Waals surface area contributed by atoms with Crippen molar-refractivity contribution in [2.75, 3.05) is 13.1 Å². The average molecular weight is 436 g/mol. The number of ether oxygens (including phenoxy) is 1. The van der Waals surface area contributed by atoms with Gasteiger partial charge in [-0.25, -0.2) is 4.79 Å². The van der Waals surface area contributed by atoms with Crippen LogP contribution < -0.4 is 10.8 Å². The summed E-state index contributed by atoms with van der Waals surface area (Å²) in [5, 5.41) is 3.00. The minimum Gasteiger partial charge on any atom is -0.445 e. The van der Waals surface area contributed by atoms with E-state index in [2.05, 4.69) is 62.2 Å². The van der Waals surface area contributed by atoms with Crippen molar-refractivity contribution < 1.29 is 18.8 Å². The van der Waals surface area contributed by atoms with Gasteiger partial charge in [-0.05, 0) is 50.7 Å². The van der Waals surface area contributed by atoms with Gasteiger partial charge in [-0.3, -0.25) is 4.90 Å². The van der Waals surface area contributed by atoms with Gasteiger partial charge in [0.2, 0.25) is 0 Å². The third-order valence-corrected chi connectivity index (χ3v) is 6.69. The number of nitrogens with zero attached hydrogens (tertiary/aromatic N) is 1. The Bertz CT molecular complexity index is 919. The second-order valence-electron chi connectivity index (χ2n) is 9.76. The molecule has 1 amide bonds. The van der Waals surface area contributed by atoms with E-state index in [1.54, 1.807) is 0 Å². The van der Waals surface area contributed by atoms with E-state index in [9.17, 15) is 4.79 Å². The normalized spacial score (nSPS) is 22.1. The van der Waals surface area contributed by atoms with Gasteiger partial charge >= 0.3 is 13.2 Å². The Labute approximate surface area is 191 Å². The highest BCUT2D eigenvalue weighted by molar-refractivity contribution is 6.62. The SMILES string of the molecule is CC1(C)OB(c2cccc(CN3CCC(NC(=O)OCc4ccccc4)C3)c2)OC1(C)C. The molecular formula is C25H33BN2O4. The summed E-state index contributed by atoms with van der Waals surface area (Å²) in [4.78, 5) is 14.5. The third-order valence-electron chi connectivity index (χ3n) is 6.69. The van der Waals surface area contributed by atoms with E-state index in [0.717, 1.165) is 37.1 Å². The predicted octanol–water partition coefficient (Wildman–Crippen LogP) is 3.49. The number of benzene rings is 2. The number of amides is 1. The Morgan fingerprint density at radius 1 is 1.06 bits per heavy atom. The highest BCUT2D eigenvalue weighted by Gasteiger charge is 2.51. The fraction of sp³-hybridized carbons (Fsp3) is 0.480. The Balaban J connectivity index is 1.27. The first-order valence-corrected chi connectivity index (χ1v) is 11.4. The van der Waals surface area contributed by atoms with Crippen molar-refractivity contribution in [1.82, 2.24) is 10.2 Å². The van der Waals surface area contributed by atoms with Crippen LogP contribution in [0, 0.1) is 0 Å². The van der Waals surface area contributed by atoms with Crippen LogP contribution in [-0.4, -0.2) is 48.4 Å². The molecule has 2 aromatic carbocycles. The first kappa shape index (κ1) is 22.8. The third kappa shape index (κ3) is 5.34. The molecular weight excluding hydrogens is 403 g/mol. The topological polar surface area (TPSA) is 60.0 Å². The molecule has 2 aromatic rings. The first-order chi connectivity index (χ1) is 15.2. The number of carbonyl (C=O) groups excluding carboxylic acids is 1. The summed E-state index contributed by atoms with van der Waals surface area (Å²) in [5.74, 6) is 0. The zero-order chi connectivity index (χ0) is 22.8. The maximum atomic E-state index is 12.2. The Morgan fingerprint density at radius 3 is 2.47 bits per heavy atom. The molecule has 0 bridgehead atoms. The lowest BCUT2D eigenvalue weighted by Crippen LogP contribution is -2.41. The van der Waals surface area contributed by atoms with Crippen molar-refractivity contribution in [3.8, 4) is 0 Å². The summed E-state index contributed by atoms with van der Waals surface area (Å²) in [7, 11) is -0.354. The molecule has 1 unspecified atom stereocenters. The summed E-state index contributed by atoms with van der Waals surface area (Å²) in [6.07, 6.45) is 0.556. The van der Waals surface area contributed by atoms with Crippen molar-refractivity contribution in [3.63, 3.8) is 0 Å². The molecule has 2 heterocycles. The van der Waals surface area contributed by atoms with Gasteiger partial charge in [-0.1, -0.05) is 54.6 Å². The van der Waals surface area contributed by atoms with Crippen LogP contribution in [0.25, 0.3) is 0 Å². The van der Waals surface area contributed by atoms with Gasteiger partial charge in [0, 0.05) is 25.7 Å². The summed E-state index contributed by atoms with van der Waals surface area (Å²) in [5.41, 5.74) is 2.54. The summed E-state index contributed by atoms with van der Waals surface area (Å²) in [6.45, 7) is 11.1. The van der Waals surface area contributed by atoms with Crippen molar-refractivity contribution in [3.05, 3.63) is 65.7 Å². The molecule has 2 saturated heterocycles. The predicted molar refractivity (Wildman–Crippen MR) is 126 cm³/mol. The molecule has 170 valence electrons. The molecule has 7 heteroatoms. The number of hydrogen-bond acceptors (Lipinski definition) is 5. The average Bonchev–Trinajstić information content (AvgIpc) is 3.27. The van der Waals surface area contributed by atoms with Crippen LogP contribution in [0.15, 0.2) is 54.6 Å². The van der Waals surface area contributed by atoms with E-state index in [0.29, 0.717) is 0 Å². The Morgan fingerprint density at radius 2 is 1.75 bits per heavy atom. The monoisotopic (exact) mass is 436 g/mol. The van der Waals surface area contributed by atoms with E-state index >= 15 is 0 Å². The van der Waals surface area contributed by atoms with Crippen LogP contribution in [0.1, 0.15) is 45.2 Å². The second kappa shape index (κ2) is 9.26. The van der Waals surface area contributed by atoms with Gasteiger partial charge in [0.05, 0.1) is 11.2 Å². The molecule has 2 aliphatic rings. The fourth-order valence-corrected chi connectivity index (χ4v) is 4.10. The molecule has 0 aromatic heterocycles. The van der Waals surface area contributed by atoms with E-state index in [1.807, 2.05) is 30.3 Å². The Kier molecular flexibility index (Phi) is 6.61. The molecule has 0 spiro atoms. The van der Waals surface area contributed by atoms with Crippen LogP contribution in [-0.2, 0) is 27.2 Å². The molecule has 0 radical (unpaired) electrons. The number of rotatable bonds is 6. The maximum absolute atomic E-state index is 12.2. The van der Waals surface area contributed by atoms with Gasteiger partial charge in [-0.2, -0.15) is 0 Å². The second-order valence-corrected chi connectivity index (χ2v) is 9.76. The molecule has 6 nitrogen and oxygen atoms in total. The van der Waals surface area contributed by atoms with Crippen molar-refractivity contribution in [2.24, 2.45) is 0 Å². The van der Waals surface area contributed by atoms with E-state index in [4.69, 9.17) is 14.0 Å². The van der Waals surface area contributed by atoms with Crippen LogP contribution >= 0.6 is 0 Å². The largest absolute Gasteiger partial charge is 0.494 e. The summed E-state index contributed by atoms with van der Waals surface area (Å²) in [6, 6.07) is 18.2. The van der Waals surface area contributed by atoms with Gasteiger partial charge in [0.25, 0.3) is 0 Å². The number of nitrogens with one attached hydrogen (secondary N) is 1. The number of hydrogen-bond donors (Lipinski definition) is 1. The van der Waals surface area contributed by atoms with Crippen molar-refractivity contribution >= 4 is 18.7 Å². The molecule has 4 rings (SSSR count). The molecule has 0 saturated carbocycles. The maximum Gasteiger partial charge on any atom is 0.494 e. The van der Waals surface area contributed by atoms with Gasteiger partial charge in [0.15, 0.2) is 0 Å². The fourth-order valence-electron chi connectivity index (χ4n) is 4.10. The highest BCUT2D eigenvalue weighted by Crippen LogP contribution is 2.36. The first-order valence-electron chi connectivity index (χ1n) is 11.4. The summed E-state index contributed by atoms with van der Waals surface area (Å²) >= 11 is 0. The van der Waals surface area contributed by atoms with Gasteiger partial charge in [-0.15, -0.1) is 0 Å². The minimum absolute atomic E-state index is 0.101. The molecule has 2 aliphatic heterocycles. The highest BCUT2D eigenvalue weighted by atomic mass is 16.7. The van der Waals surface area contributed by atoms with E-state index in [-0.39, 0.29) is 37.1 Å². The lowest BCUT2D eigenvalue weighted by atomic mass is 9.78. The Hall–Kier alpha value is -2.35. The minimum atomic E-state index is -0.358. The van der Waals surface area contributed by atoms with Crippen molar-refractivity contribution in [2.45, 2.75) is 64.5 Å². The zero-order valence-electron chi connectivity index (χ0n) is 19.5. The van der Waals surface area contributed by atoms with Crippen LogP contribution in [0.2, 0.25) is 0 Å². The van der Waals surface area contributed by atoms with E-state index in [1.165, 1.54) is 5.56 Å². The standard InChI is InChI=1S/C25H33BN2O4/c1-24(2)25(3,4)32-26(31-24)21-12-8-11-20(15-21)16-28-14-13-22(17-28)27-23(29)30-18-19-9-6-5-7-10-19/h5-12,15,22H,13-14,16-18H2,1-4H3,(H,27,29). The number of carbonyl (C=O) groups is 1. The number of alkyl carbamates (subject to hydrolysis) is 1. The lowest BCUT2D eigenvalue weighted by Gasteiger charge is -2.32. The zero-order valence-corrected chi connectivity index (χ0v) is 19.5. The number of likely N-dealkylation sites (tertiary alicyclic amines) is 1. The van der Waals surface area contributed by atoms with Gasteiger partial charge in [0.1, 0.15) is 6.61 Å². The van der Waals surface area contributed by atoms with Crippen molar-refractivity contribution in [1.29, 1.82) is 0 Å². The van der Waals surface area contributed by atoms with E-state index < -0.39 is 0 Å². The van der Waals surface area contributed by atoms with Crippen LogP contribution in [0.3, 0.4) is 0 Å². The quantitative estimate of drug-likeness (QED) is 0.703.